The zero-order valence-electron chi connectivity index (χ0n) is 23.3. The van der Waals surface area contributed by atoms with Crippen molar-refractivity contribution >= 4 is 31.2 Å². The first-order valence-corrected chi connectivity index (χ1v) is 17.3. The Kier molecular flexibility index (Phi) is 8.28. The lowest BCUT2D eigenvalue weighted by Gasteiger charge is -2.34. The highest BCUT2D eigenvalue weighted by molar-refractivity contribution is 6.76. The Bertz CT molecular complexity index is 1120. The van der Waals surface area contributed by atoms with Gasteiger partial charge in [0.1, 0.15) is 17.8 Å². The van der Waals surface area contributed by atoms with E-state index in [0.29, 0.717) is 55.6 Å². The van der Waals surface area contributed by atoms with E-state index in [-0.39, 0.29) is 17.9 Å². The molecule has 3 heterocycles. The number of amides is 2. The molecule has 0 bridgehead atoms. The Morgan fingerprint density at radius 3 is 2.62 bits per heavy atom. The summed E-state index contributed by atoms with van der Waals surface area (Å²) in [5.74, 6) is 0.462. The molecule has 37 heavy (non-hydrogen) atoms. The van der Waals surface area contributed by atoms with Crippen LogP contribution in [0, 0.1) is 5.92 Å². The molecule has 1 atom stereocenters. The van der Waals surface area contributed by atoms with Crippen molar-refractivity contribution in [2.45, 2.75) is 90.4 Å². The van der Waals surface area contributed by atoms with Crippen LogP contribution in [0.3, 0.4) is 0 Å². The molecule has 1 aliphatic heterocycles. The molecule has 10 heteroatoms. The molecule has 2 aromatic rings. The summed E-state index contributed by atoms with van der Waals surface area (Å²) in [7, 11) is -1.19. The standard InChI is InChI=1S/C27H43N5O4Si/c1-27(2,3)36-26(34)31-11-7-8-19(16-31)14-29-25(33)21-17-32(18-35-12-13-37(4,5)6)24-23(21)30-22(15-28-24)20-9-10-20/h15,17,19-20H,7-14,16,18H2,1-6H3,(H,29,33). The van der Waals surface area contributed by atoms with Gasteiger partial charge in [0.05, 0.1) is 17.5 Å². The minimum atomic E-state index is -1.19. The van der Waals surface area contributed by atoms with Crippen LogP contribution >= 0.6 is 0 Å². The Morgan fingerprint density at radius 2 is 1.95 bits per heavy atom. The first-order chi connectivity index (χ1) is 17.4. The van der Waals surface area contributed by atoms with Crippen molar-refractivity contribution in [3.05, 3.63) is 23.7 Å². The molecule has 1 saturated carbocycles. The highest BCUT2D eigenvalue weighted by Gasteiger charge is 2.29. The van der Waals surface area contributed by atoms with E-state index in [1.165, 1.54) is 0 Å². The number of fused-ring (bicyclic) bond motifs is 1. The van der Waals surface area contributed by atoms with E-state index in [1.54, 1.807) is 4.90 Å². The number of likely N-dealkylation sites (tertiary alicyclic amines) is 1. The summed E-state index contributed by atoms with van der Waals surface area (Å²) >= 11 is 0. The zero-order chi connectivity index (χ0) is 26.8. The number of aromatic nitrogens is 3. The Labute approximate surface area is 221 Å². The van der Waals surface area contributed by atoms with Crippen molar-refractivity contribution in [2.75, 3.05) is 26.2 Å². The molecule has 2 aliphatic rings. The molecule has 1 N–H and O–H groups in total. The SMILES string of the molecule is CC(C)(C)OC(=O)N1CCCC(CNC(=O)c2cn(COCC[Si](C)(C)C)c3ncc(C4CC4)nc23)C1. The molecule has 1 saturated heterocycles. The molecule has 0 spiro atoms. The second-order valence-electron chi connectivity index (χ2n) is 12.7. The number of rotatable bonds is 9. The molecule has 2 amide bonds. The van der Waals surface area contributed by atoms with Gasteiger partial charge in [0.2, 0.25) is 0 Å². The Hall–Kier alpha value is -2.46. The molecule has 2 aromatic heterocycles. The second-order valence-corrected chi connectivity index (χ2v) is 18.4. The molecule has 0 aromatic carbocycles. The third-order valence-corrected chi connectivity index (χ3v) is 8.48. The summed E-state index contributed by atoms with van der Waals surface area (Å²) in [6.07, 6.45) is 7.47. The maximum Gasteiger partial charge on any atom is 0.410 e. The van der Waals surface area contributed by atoms with Crippen molar-refractivity contribution < 1.29 is 19.1 Å². The van der Waals surface area contributed by atoms with Gasteiger partial charge in [0.25, 0.3) is 5.91 Å². The minimum absolute atomic E-state index is 0.164. The predicted molar refractivity (Wildman–Crippen MR) is 146 cm³/mol. The fraction of sp³-hybridized carbons (Fsp3) is 0.704. The van der Waals surface area contributed by atoms with E-state index in [4.69, 9.17) is 14.5 Å². The maximum absolute atomic E-state index is 13.3. The van der Waals surface area contributed by atoms with Crippen molar-refractivity contribution in [3.8, 4) is 0 Å². The molecule has 9 nitrogen and oxygen atoms in total. The van der Waals surface area contributed by atoms with Crippen LogP contribution in [0.15, 0.2) is 12.4 Å². The molecule has 204 valence electrons. The zero-order valence-corrected chi connectivity index (χ0v) is 24.3. The second kappa shape index (κ2) is 11.1. The van der Waals surface area contributed by atoms with E-state index in [2.05, 4.69) is 29.9 Å². The highest BCUT2D eigenvalue weighted by atomic mass is 28.3. The van der Waals surface area contributed by atoms with E-state index >= 15 is 0 Å². The fourth-order valence-electron chi connectivity index (χ4n) is 4.50. The van der Waals surface area contributed by atoms with Gasteiger partial charge in [-0.05, 0) is 58.4 Å². The first-order valence-electron chi connectivity index (χ1n) is 13.6. The smallest absolute Gasteiger partial charge is 0.410 e. The normalized spacial score (nSPS) is 18.8. The third-order valence-electron chi connectivity index (χ3n) is 6.77. The van der Waals surface area contributed by atoms with Gasteiger partial charge in [-0.2, -0.15) is 0 Å². The van der Waals surface area contributed by atoms with Crippen LogP contribution in [0.2, 0.25) is 25.7 Å². The number of carbonyl (C=O) groups excluding carboxylic acids is 2. The van der Waals surface area contributed by atoms with Crippen LogP contribution in [0.25, 0.3) is 11.2 Å². The van der Waals surface area contributed by atoms with Gasteiger partial charge in [0.15, 0.2) is 5.65 Å². The van der Waals surface area contributed by atoms with Crippen molar-refractivity contribution in [3.63, 3.8) is 0 Å². The van der Waals surface area contributed by atoms with E-state index in [0.717, 1.165) is 37.4 Å². The number of piperidine rings is 1. The quantitative estimate of drug-likeness (QED) is 0.363. The van der Waals surface area contributed by atoms with Crippen LogP contribution < -0.4 is 5.32 Å². The van der Waals surface area contributed by atoms with Gasteiger partial charge >= 0.3 is 6.09 Å². The average molecular weight is 530 g/mol. The third kappa shape index (κ3) is 7.77. The van der Waals surface area contributed by atoms with Gasteiger partial charge in [-0.1, -0.05) is 19.6 Å². The Balaban J connectivity index is 1.42. The largest absolute Gasteiger partial charge is 0.444 e. The van der Waals surface area contributed by atoms with Crippen LogP contribution in [0.5, 0.6) is 0 Å². The van der Waals surface area contributed by atoms with Crippen LogP contribution in [0.1, 0.15) is 68.4 Å². The van der Waals surface area contributed by atoms with Crippen molar-refractivity contribution in [2.24, 2.45) is 5.92 Å². The van der Waals surface area contributed by atoms with Gasteiger partial charge in [0, 0.05) is 46.4 Å². The van der Waals surface area contributed by atoms with Gasteiger partial charge in [-0.25, -0.2) is 14.8 Å². The number of nitrogens with zero attached hydrogens (tertiary/aromatic N) is 4. The lowest BCUT2D eigenvalue weighted by molar-refractivity contribution is 0.0167. The monoisotopic (exact) mass is 529 g/mol. The summed E-state index contributed by atoms with van der Waals surface area (Å²) in [4.78, 5) is 37.1. The molecular weight excluding hydrogens is 486 g/mol. The summed E-state index contributed by atoms with van der Waals surface area (Å²) in [5, 5.41) is 3.10. The van der Waals surface area contributed by atoms with E-state index in [9.17, 15) is 9.59 Å². The molecule has 2 fully saturated rings. The van der Waals surface area contributed by atoms with Gasteiger partial charge in [-0.15, -0.1) is 0 Å². The summed E-state index contributed by atoms with van der Waals surface area (Å²) in [6.45, 7) is 15.4. The lowest BCUT2D eigenvalue weighted by Crippen LogP contribution is -2.45. The molecule has 1 aliphatic carbocycles. The number of hydrogen-bond donors (Lipinski definition) is 1. The maximum atomic E-state index is 13.3. The topological polar surface area (TPSA) is 98.6 Å². The van der Waals surface area contributed by atoms with E-state index < -0.39 is 13.7 Å². The van der Waals surface area contributed by atoms with Crippen LogP contribution in [0.4, 0.5) is 4.79 Å². The minimum Gasteiger partial charge on any atom is -0.444 e. The number of nitrogens with one attached hydrogen (secondary N) is 1. The van der Waals surface area contributed by atoms with Crippen molar-refractivity contribution in [1.29, 1.82) is 0 Å². The Morgan fingerprint density at radius 1 is 1.19 bits per heavy atom. The number of hydrogen-bond acceptors (Lipinski definition) is 6. The fourth-order valence-corrected chi connectivity index (χ4v) is 5.26. The van der Waals surface area contributed by atoms with Gasteiger partial charge < -0.3 is 24.3 Å². The van der Waals surface area contributed by atoms with Gasteiger partial charge in [-0.3, -0.25) is 4.79 Å². The number of ether oxygens (including phenoxy) is 2. The van der Waals surface area contributed by atoms with Crippen LogP contribution in [-0.4, -0.2) is 71.4 Å². The molecule has 1 unspecified atom stereocenters. The molecule has 4 rings (SSSR count). The van der Waals surface area contributed by atoms with E-state index in [1.807, 2.05) is 37.7 Å². The molecule has 0 radical (unpaired) electrons. The first kappa shape index (κ1) is 27.6. The lowest BCUT2D eigenvalue weighted by atomic mass is 9.98. The van der Waals surface area contributed by atoms with Crippen LogP contribution in [-0.2, 0) is 16.2 Å². The number of carbonyl (C=O) groups is 2. The predicted octanol–water partition coefficient (Wildman–Crippen LogP) is 5.00. The average Bonchev–Trinajstić information content (AvgIpc) is 3.60. The summed E-state index contributed by atoms with van der Waals surface area (Å²) in [5.41, 5.74) is 2.27. The molecular formula is C27H43N5O4Si. The summed E-state index contributed by atoms with van der Waals surface area (Å²) in [6, 6.07) is 1.08. The van der Waals surface area contributed by atoms with Crippen molar-refractivity contribution in [1.82, 2.24) is 24.8 Å². The summed E-state index contributed by atoms with van der Waals surface area (Å²) < 4.78 is 13.4. The highest BCUT2D eigenvalue weighted by Crippen LogP contribution is 2.39.